The first-order valence-electron chi connectivity index (χ1n) is 10.1. The second-order valence-electron chi connectivity index (χ2n) is 7.76. The van der Waals surface area contributed by atoms with Crippen LogP contribution in [-0.4, -0.2) is 39.5 Å². The molecule has 1 atom stereocenters. The lowest BCUT2D eigenvalue weighted by atomic mass is 10.1. The Bertz CT molecular complexity index is 898. The molecule has 0 spiro atoms. The molecule has 31 heavy (non-hydrogen) atoms. The van der Waals surface area contributed by atoms with Crippen LogP contribution in [0.5, 0.6) is 0 Å². The standard InChI is InChI=1S/C23H29N3O4S/c1-16(2)24-23(28)18(4)25(13-19-7-5-17(3)6-8-19)22(27)15-31-14-20-9-11-21(12-10-20)26(29)30/h5-12,16,18H,13-15H2,1-4H3,(H,24,28). The maximum absolute atomic E-state index is 13.0. The Balaban J connectivity index is 2.04. The zero-order valence-electron chi connectivity index (χ0n) is 18.3. The minimum atomic E-state index is -0.601. The van der Waals surface area contributed by atoms with E-state index in [0.717, 1.165) is 16.7 Å². The van der Waals surface area contributed by atoms with Crippen molar-refractivity contribution in [3.05, 3.63) is 75.3 Å². The zero-order chi connectivity index (χ0) is 23.0. The monoisotopic (exact) mass is 443 g/mol. The lowest BCUT2D eigenvalue weighted by Gasteiger charge is -2.29. The third-order valence-electron chi connectivity index (χ3n) is 4.71. The molecule has 0 bridgehead atoms. The van der Waals surface area contributed by atoms with E-state index in [0.29, 0.717) is 12.3 Å². The van der Waals surface area contributed by atoms with Gasteiger partial charge >= 0.3 is 0 Å². The number of nitrogens with one attached hydrogen (secondary N) is 1. The number of carbonyl (C=O) groups is 2. The van der Waals surface area contributed by atoms with E-state index in [1.54, 1.807) is 24.0 Å². The van der Waals surface area contributed by atoms with Crippen molar-refractivity contribution in [1.29, 1.82) is 0 Å². The van der Waals surface area contributed by atoms with Crippen molar-refractivity contribution >= 4 is 29.3 Å². The van der Waals surface area contributed by atoms with E-state index in [1.165, 1.54) is 23.9 Å². The first kappa shape index (κ1) is 24.4. The average Bonchev–Trinajstić information content (AvgIpc) is 2.72. The van der Waals surface area contributed by atoms with Crippen LogP contribution in [0.3, 0.4) is 0 Å². The molecule has 0 saturated carbocycles. The number of non-ortho nitro benzene ring substituents is 1. The molecule has 8 heteroatoms. The van der Waals surface area contributed by atoms with Crippen LogP contribution in [0.25, 0.3) is 0 Å². The van der Waals surface area contributed by atoms with E-state index in [9.17, 15) is 19.7 Å². The zero-order valence-corrected chi connectivity index (χ0v) is 19.1. The minimum absolute atomic E-state index is 0.0113. The molecule has 0 aromatic heterocycles. The number of amides is 2. The Morgan fingerprint density at radius 3 is 2.16 bits per heavy atom. The van der Waals surface area contributed by atoms with E-state index in [4.69, 9.17) is 0 Å². The van der Waals surface area contributed by atoms with Crippen molar-refractivity contribution in [2.45, 2.75) is 52.1 Å². The molecular weight excluding hydrogens is 414 g/mol. The summed E-state index contributed by atoms with van der Waals surface area (Å²) in [5.41, 5.74) is 3.03. The molecule has 0 fully saturated rings. The molecule has 0 heterocycles. The van der Waals surface area contributed by atoms with Gasteiger partial charge < -0.3 is 10.2 Å². The fraction of sp³-hybridized carbons (Fsp3) is 0.391. The third-order valence-corrected chi connectivity index (χ3v) is 5.70. The highest BCUT2D eigenvalue weighted by Crippen LogP contribution is 2.19. The molecule has 1 unspecified atom stereocenters. The molecule has 0 aliphatic carbocycles. The number of nitro groups is 1. The molecule has 2 amide bonds. The van der Waals surface area contributed by atoms with Crippen LogP contribution in [0.1, 0.15) is 37.5 Å². The molecule has 7 nitrogen and oxygen atoms in total. The van der Waals surface area contributed by atoms with Gasteiger partial charge in [0.15, 0.2) is 0 Å². The SMILES string of the molecule is Cc1ccc(CN(C(=O)CSCc2ccc([N+](=O)[O-])cc2)C(C)C(=O)NC(C)C)cc1. The summed E-state index contributed by atoms with van der Waals surface area (Å²) in [6, 6.07) is 13.6. The largest absolute Gasteiger partial charge is 0.352 e. The maximum Gasteiger partial charge on any atom is 0.269 e. The molecular formula is C23H29N3O4S. The summed E-state index contributed by atoms with van der Waals surface area (Å²) in [5.74, 6) is 0.450. The van der Waals surface area contributed by atoms with Crippen LogP contribution < -0.4 is 5.32 Å². The number of carbonyl (C=O) groups excluding carboxylic acids is 2. The number of nitro benzene ring substituents is 1. The van der Waals surface area contributed by atoms with Crippen LogP contribution in [0.4, 0.5) is 5.69 Å². The lowest BCUT2D eigenvalue weighted by Crippen LogP contribution is -2.49. The summed E-state index contributed by atoms with van der Waals surface area (Å²) < 4.78 is 0. The topological polar surface area (TPSA) is 92.6 Å². The Hall–Kier alpha value is -2.87. The van der Waals surface area contributed by atoms with Gasteiger partial charge in [0.05, 0.1) is 10.7 Å². The number of aryl methyl sites for hydroxylation is 1. The van der Waals surface area contributed by atoms with E-state index in [-0.39, 0.29) is 29.3 Å². The van der Waals surface area contributed by atoms with Crippen LogP contribution in [0.2, 0.25) is 0 Å². The van der Waals surface area contributed by atoms with Gasteiger partial charge in [0.25, 0.3) is 5.69 Å². The van der Waals surface area contributed by atoms with Crippen LogP contribution in [0, 0.1) is 17.0 Å². The first-order chi connectivity index (χ1) is 14.7. The summed E-state index contributed by atoms with van der Waals surface area (Å²) >= 11 is 1.42. The number of benzene rings is 2. The Kier molecular flexibility index (Phi) is 9.05. The van der Waals surface area contributed by atoms with Crippen molar-refractivity contribution in [3.63, 3.8) is 0 Å². The molecule has 2 rings (SSSR count). The summed E-state index contributed by atoms with van der Waals surface area (Å²) in [5, 5.41) is 13.6. The molecule has 0 radical (unpaired) electrons. The normalized spacial score (nSPS) is 11.8. The first-order valence-corrected chi connectivity index (χ1v) is 11.3. The summed E-state index contributed by atoms with van der Waals surface area (Å²) in [7, 11) is 0. The predicted octanol–water partition coefficient (Wildman–Crippen LogP) is 4.08. The maximum atomic E-state index is 13.0. The molecule has 2 aromatic carbocycles. The molecule has 0 aliphatic heterocycles. The number of rotatable bonds is 10. The second-order valence-corrected chi connectivity index (χ2v) is 8.75. The van der Waals surface area contributed by atoms with Gasteiger partial charge in [-0.2, -0.15) is 0 Å². The van der Waals surface area contributed by atoms with E-state index < -0.39 is 11.0 Å². The number of hydrogen-bond acceptors (Lipinski definition) is 5. The lowest BCUT2D eigenvalue weighted by molar-refractivity contribution is -0.384. The summed E-state index contributed by atoms with van der Waals surface area (Å²) in [6.45, 7) is 7.86. The highest BCUT2D eigenvalue weighted by molar-refractivity contribution is 7.99. The number of thioether (sulfide) groups is 1. The van der Waals surface area contributed by atoms with Crippen LogP contribution >= 0.6 is 11.8 Å². The quantitative estimate of drug-likeness (QED) is 0.441. The third kappa shape index (κ3) is 7.71. The van der Waals surface area contributed by atoms with E-state index in [1.807, 2.05) is 45.0 Å². The summed E-state index contributed by atoms with van der Waals surface area (Å²) in [4.78, 5) is 37.5. The van der Waals surface area contributed by atoms with E-state index in [2.05, 4.69) is 5.32 Å². The highest BCUT2D eigenvalue weighted by Gasteiger charge is 2.26. The van der Waals surface area contributed by atoms with Gasteiger partial charge in [-0.3, -0.25) is 19.7 Å². The van der Waals surface area contributed by atoms with Gasteiger partial charge in [-0.15, -0.1) is 11.8 Å². The fourth-order valence-electron chi connectivity index (χ4n) is 2.93. The number of nitrogens with zero attached hydrogens (tertiary/aromatic N) is 2. The van der Waals surface area contributed by atoms with Gasteiger partial charge in [-0.1, -0.05) is 42.0 Å². The minimum Gasteiger partial charge on any atom is -0.352 e. The molecule has 0 aliphatic rings. The van der Waals surface area contributed by atoms with Gasteiger partial charge in [0, 0.05) is 30.5 Å². The Morgan fingerprint density at radius 2 is 1.61 bits per heavy atom. The predicted molar refractivity (Wildman–Crippen MR) is 124 cm³/mol. The smallest absolute Gasteiger partial charge is 0.269 e. The van der Waals surface area contributed by atoms with E-state index >= 15 is 0 Å². The van der Waals surface area contributed by atoms with Gasteiger partial charge in [-0.05, 0) is 38.8 Å². The van der Waals surface area contributed by atoms with Gasteiger partial charge in [0.1, 0.15) is 6.04 Å². The summed E-state index contributed by atoms with van der Waals surface area (Å²) in [6.07, 6.45) is 0. The van der Waals surface area contributed by atoms with Gasteiger partial charge in [0.2, 0.25) is 11.8 Å². The molecule has 2 aromatic rings. The van der Waals surface area contributed by atoms with Crippen LogP contribution in [-0.2, 0) is 21.9 Å². The molecule has 1 N–H and O–H groups in total. The van der Waals surface area contributed by atoms with Crippen LogP contribution in [0.15, 0.2) is 48.5 Å². The van der Waals surface area contributed by atoms with Gasteiger partial charge in [-0.25, -0.2) is 0 Å². The Labute approximate surface area is 187 Å². The van der Waals surface area contributed by atoms with Crippen molar-refractivity contribution in [2.75, 3.05) is 5.75 Å². The van der Waals surface area contributed by atoms with Crippen molar-refractivity contribution in [1.82, 2.24) is 10.2 Å². The molecule has 0 saturated heterocycles. The number of hydrogen-bond donors (Lipinski definition) is 1. The highest BCUT2D eigenvalue weighted by atomic mass is 32.2. The molecule has 166 valence electrons. The average molecular weight is 444 g/mol. The fourth-order valence-corrected chi connectivity index (χ4v) is 3.80. The second kappa shape index (κ2) is 11.5. The van der Waals surface area contributed by atoms with Crippen molar-refractivity contribution in [2.24, 2.45) is 0 Å². The van der Waals surface area contributed by atoms with Crippen molar-refractivity contribution in [3.8, 4) is 0 Å². The van der Waals surface area contributed by atoms with Crippen molar-refractivity contribution < 1.29 is 14.5 Å². The Morgan fingerprint density at radius 1 is 1.03 bits per heavy atom.